The van der Waals surface area contributed by atoms with Crippen molar-refractivity contribution in [1.82, 2.24) is 15.5 Å². The standard InChI is InChI=1S/C26H38N4O5/c1-9-11-18(5)28-23(32)22(19-14-16(3)12-13-17(19)4)30(10-2)24(33)20(15-21(27)31)29-25(34)35-26(6,7)8/h2,12-14,18,20,22H,9,11,15H2,1,3-8H3,(H2,27,31)(H,28,32)(H,29,34). The van der Waals surface area contributed by atoms with Crippen LogP contribution >= 0.6 is 0 Å². The average molecular weight is 487 g/mol. The first-order valence-electron chi connectivity index (χ1n) is 11.6. The van der Waals surface area contributed by atoms with E-state index in [-0.39, 0.29) is 6.04 Å². The van der Waals surface area contributed by atoms with Gasteiger partial charge in [-0.15, -0.1) is 0 Å². The Labute approximate surface area is 208 Å². The van der Waals surface area contributed by atoms with Crippen LogP contribution in [0.1, 0.15) is 76.6 Å². The van der Waals surface area contributed by atoms with Crippen molar-refractivity contribution in [2.45, 2.75) is 91.5 Å². The van der Waals surface area contributed by atoms with E-state index in [4.69, 9.17) is 16.9 Å². The summed E-state index contributed by atoms with van der Waals surface area (Å²) in [6.45, 7) is 12.5. The fraction of sp³-hybridized carbons (Fsp3) is 0.538. The Kier molecular flexibility index (Phi) is 10.8. The highest BCUT2D eigenvalue weighted by molar-refractivity contribution is 5.95. The molecular weight excluding hydrogens is 448 g/mol. The highest BCUT2D eigenvalue weighted by atomic mass is 16.6. The van der Waals surface area contributed by atoms with Gasteiger partial charge in [0.05, 0.1) is 6.42 Å². The summed E-state index contributed by atoms with van der Waals surface area (Å²) in [5.74, 6) is -2.14. The third-order valence-electron chi connectivity index (χ3n) is 5.12. The van der Waals surface area contributed by atoms with Gasteiger partial charge in [-0.25, -0.2) is 4.79 Å². The maximum atomic E-state index is 13.6. The second-order valence-electron chi connectivity index (χ2n) is 9.67. The number of aryl methyl sites for hydroxylation is 2. The molecule has 4 amide bonds. The van der Waals surface area contributed by atoms with Crippen LogP contribution in [0.3, 0.4) is 0 Å². The Morgan fingerprint density at radius 1 is 1.17 bits per heavy atom. The molecule has 0 aliphatic rings. The fourth-order valence-corrected chi connectivity index (χ4v) is 3.56. The quantitative estimate of drug-likeness (QED) is 0.346. The average Bonchev–Trinajstić information content (AvgIpc) is 2.71. The third-order valence-corrected chi connectivity index (χ3v) is 5.12. The Balaban J connectivity index is 3.47. The molecule has 0 fully saturated rings. The minimum absolute atomic E-state index is 0.156. The van der Waals surface area contributed by atoms with Crippen molar-refractivity contribution in [2.75, 3.05) is 0 Å². The van der Waals surface area contributed by atoms with Gasteiger partial charge in [-0.3, -0.25) is 19.3 Å². The number of primary amides is 1. The zero-order valence-electron chi connectivity index (χ0n) is 21.7. The van der Waals surface area contributed by atoms with E-state index in [0.29, 0.717) is 5.56 Å². The van der Waals surface area contributed by atoms with Crippen molar-refractivity contribution < 1.29 is 23.9 Å². The molecule has 0 saturated carbocycles. The number of nitrogens with zero attached hydrogens (tertiary/aromatic N) is 1. The number of nitrogens with one attached hydrogen (secondary N) is 2. The summed E-state index contributed by atoms with van der Waals surface area (Å²) in [5.41, 5.74) is 6.65. The maximum Gasteiger partial charge on any atom is 0.408 e. The number of nitrogens with two attached hydrogens (primary N) is 1. The summed E-state index contributed by atoms with van der Waals surface area (Å²) >= 11 is 0. The highest BCUT2D eigenvalue weighted by Crippen LogP contribution is 2.27. The Hall–Kier alpha value is -3.54. The number of carbonyl (C=O) groups excluding carboxylic acids is 4. The van der Waals surface area contributed by atoms with E-state index in [2.05, 4.69) is 16.7 Å². The van der Waals surface area contributed by atoms with Crippen molar-refractivity contribution in [2.24, 2.45) is 5.73 Å². The number of rotatable bonds is 10. The topological polar surface area (TPSA) is 131 Å². The van der Waals surface area contributed by atoms with Gasteiger partial charge in [0.2, 0.25) is 11.8 Å². The van der Waals surface area contributed by atoms with Crippen LogP contribution in [-0.2, 0) is 19.1 Å². The molecule has 9 heteroatoms. The molecule has 3 atom stereocenters. The number of amides is 4. The van der Waals surface area contributed by atoms with Gasteiger partial charge in [0.1, 0.15) is 17.7 Å². The molecular formula is C26H38N4O5. The molecule has 0 aromatic heterocycles. The Bertz CT molecular complexity index is 977. The van der Waals surface area contributed by atoms with Crippen LogP contribution in [0, 0.1) is 26.3 Å². The van der Waals surface area contributed by atoms with Gasteiger partial charge in [-0.05, 0) is 59.1 Å². The molecule has 3 unspecified atom stereocenters. The first-order chi connectivity index (χ1) is 16.2. The third kappa shape index (κ3) is 9.32. The monoisotopic (exact) mass is 486 g/mol. The molecule has 1 rings (SSSR count). The fourth-order valence-electron chi connectivity index (χ4n) is 3.56. The summed E-state index contributed by atoms with van der Waals surface area (Å²) < 4.78 is 5.22. The van der Waals surface area contributed by atoms with Gasteiger partial charge in [-0.2, -0.15) is 0 Å². The molecule has 1 aromatic rings. The van der Waals surface area contributed by atoms with Crippen molar-refractivity contribution in [3.63, 3.8) is 0 Å². The van der Waals surface area contributed by atoms with E-state index in [9.17, 15) is 19.2 Å². The molecule has 0 heterocycles. The second-order valence-corrected chi connectivity index (χ2v) is 9.67. The smallest absolute Gasteiger partial charge is 0.408 e. The van der Waals surface area contributed by atoms with Crippen LogP contribution in [0.25, 0.3) is 0 Å². The molecule has 192 valence electrons. The van der Waals surface area contributed by atoms with Gasteiger partial charge in [0, 0.05) is 12.1 Å². The molecule has 0 radical (unpaired) electrons. The lowest BCUT2D eigenvalue weighted by molar-refractivity contribution is -0.139. The number of hydrogen-bond donors (Lipinski definition) is 3. The maximum absolute atomic E-state index is 13.6. The lowest BCUT2D eigenvalue weighted by Gasteiger charge is -2.31. The van der Waals surface area contributed by atoms with Crippen LogP contribution in [0.4, 0.5) is 4.79 Å². The molecule has 0 spiro atoms. The predicted octanol–water partition coefficient (Wildman–Crippen LogP) is 2.84. The summed E-state index contributed by atoms with van der Waals surface area (Å²) in [4.78, 5) is 52.0. The van der Waals surface area contributed by atoms with Crippen LogP contribution in [0.5, 0.6) is 0 Å². The molecule has 9 nitrogen and oxygen atoms in total. The molecule has 0 aliphatic carbocycles. The van der Waals surface area contributed by atoms with Gasteiger partial charge in [-0.1, -0.05) is 43.5 Å². The Morgan fingerprint density at radius 3 is 2.31 bits per heavy atom. The highest BCUT2D eigenvalue weighted by Gasteiger charge is 2.37. The van der Waals surface area contributed by atoms with Crippen molar-refractivity contribution in [1.29, 1.82) is 0 Å². The Morgan fingerprint density at radius 2 is 1.80 bits per heavy atom. The number of terminal acetylenes is 1. The van der Waals surface area contributed by atoms with Crippen LogP contribution < -0.4 is 16.4 Å². The molecule has 0 saturated heterocycles. The van der Waals surface area contributed by atoms with E-state index < -0.39 is 47.9 Å². The van der Waals surface area contributed by atoms with E-state index in [0.717, 1.165) is 28.9 Å². The van der Waals surface area contributed by atoms with Gasteiger partial charge in [0.15, 0.2) is 0 Å². The predicted molar refractivity (Wildman–Crippen MR) is 134 cm³/mol. The number of ether oxygens (including phenoxy) is 1. The lowest BCUT2D eigenvalue weighted by Crippen LogP contribution is -2.53. The first-order valence-corrected chi connectivity index (χ1v) is 11.6. The van der Waals surface area contributed by atoms with Crippen molar-refractivity contribution in [3.05, 3.63) is 34.9 Å². The SMILES string of the molecule is C#CN(C(=O)C(CC(N)=O)NC(=O)OC(C)(C)C)C(C(=O)NC(C)CCC)c1cc(C)ccc1C. The van der Waals surface area contributed by atoms with Crippen LogP contribution in [0.15, 0.2) is 18.2 Å². The van der Waals surface area contributed by atoms with Crippen molar-refractivity contribution in [3.8, 4) is 12.5 Å². The summed E-state index contributed by atoms with van der Waals surface area (Å²) in [5, 5.41) is 5.29. The van der Waals surface area contributed by atoms with E-state index >= 15 is 0 Å². The number of hydrogen-bond acceptors (Lipinski definition) is 5. The number of benzene rings is 1. The number of carbonyl (C=O) groups is 4. The second kappa shape index (κ2) is 12.8. The first kappa shape index (κ1) is 29.5. The zero-order chi connectivity index (χ0) is 26.9. The number of alkyl carbamates (subject to hydrolysis) is 1. The van der Waals surface area contributed by atoms with Crippen molar-refractivity contribution >= 4 is 23.8 Å². The minimum atomic E-state index is -1.42. The molecule has 4 N–H and O–H groups in total. The lowest BCUT2D eigenvalue weighted by atomic mass is 9.96. The summed E-state index contributed by atoms with van der Waals surface area (Å²) in [6, 6.07) is 5.02. The van der Waals surface area contributed by atoms with Gasteiger partial charge >= 0.3 is 6.09 Å². The van der Waals surface area contributed by atoms with E-state index in [1.54, 1.807) is 26.8 Å². The normalized spacial score (nSPS) is 13.5. The molecule has 35 heavy (non-hydrogen) atoms. The van der Waals surface area contributed by atoms with Crippen LogP contribution in [-0.4, -0.2) is 46.4 Å². The molecule has 1 aromatic carbocycles. The van der Waals surface area contributed by atoms with Crippen LogP contribution in [0.2, 0.25) is 0 Å². The van der Waals surface area contributed by atoms with Gasteiger partial charge in [0.25, 0.3) is 5.91 Å². The minimum Gasteiger partial charge on any atom is -0.444 e. The zero-order valence-corrected chi connectivity index (χ0v) is 21.7. The summed E-state index contributed by atoms with van der Waals surface area (Å²) in [7, 11) is 0. The van der Waals surface area contributed by atoms with E-state index in [1.165, 1.54) is 0 Å². The largest absolute Gasteiger partial charge is 0.444 e. The molecule has 0 bridgehead atoms. The summed E-state index contributed by atoms with van der Waals surface area (Å²) in [6.07, 6.45) is 5.89. The van der Waals surface area contributed by atoms with Gasteiger partial charge < -0.3 is 21.1 Å². The molecule has 0 aliphatic heterocycles. The van der Waals surface area contributed by atoms with E-state index in [1.807, 2.05) is 39.8 Å².